The number of hydrogen-bond donors (Lipinski definition) is 2. The average molecular weight is 348 g/mol. The number of nitrogens with one attached hydrogen (secondary N) is 1. The van der Waals surface area contributed by atoms with E-state index in [1.807, 2.05) is 43.3 Å². The zero-order valence-corrected chi connectivity index (χ0v) is 15.4. The Morgan fingerprint density at radius 3 is 2.69 bits per heavy atom. The molecule has 2 unspecified atom stereocenters. The van der Waals surface area contributed by atoms with Crippen molar-refractivity contribution in [2.24, 2.45) is 16.3 Å². The summed E-state index contributed by atoms with van der Waals surface area (Å²) in [7, 11) is 0. The number of phenolic OH excluding ortho intramolecular Hbond substituents is 1. The fourth-order valence-corrected chi connectivity index (χ4v) is 4.19. The van der Waals surface area contributed by atoms with Crippen molar-refractivity contribution in [3.05, 3.63) is 53.6 Å². The molecular formula is C22H24N2O2. The van der Waals surface area contributed by atoms with Crippen LogP contribution in [-0.2, 0) is 4.79 Å². The summed E-state index contributed by atoms with van der Waals surface area (Å²) >= 11 is 0. The molecule has 0 aromatic heterocycles. The smallest absolute Gasteiger partial charge is 0.144 e. The lowest BCUT2D eigenvalue weighted by Crippen LogP contribution is -2.42. The molecule has 0 bridgehead atoms. The maximum Gasteiger partial charge on any atom is 0.144 e. The highest BCUT2D eigenvalue weighted by Crippen LogP contribution is 2.46. The molecule has 2 N–H and O–H groups in total. The Kier molecular flexibility index (Phi) is 3.87. The van der Waals surface area contributed by atoms with Gasteiger partial charge in [0.15, 0.2) is 0 Å². The van der Waals surface area contributed by atoms with Crippen molar-refractivity contribution in [3.8, 4) is 5.75 Å². The second-order valence-electron chi connectivity index (χ2n) is 8.27. The van der Waals surface area contributed by atoms with Gasteiger partial charge in [0.05, 0.1) is 23.3 Å². The average Bonchev–Trinajstić information content (AvgIpc) is 2.69. The Morgan fingerprint density at radius 1 is 1.15 bits per heavy atom. The van der Waals surface area contributed by atoms with Crippen LogP contribution in [0.25, 0.3) is 0 Å². The van der Waals surface area contributed by atoms with Crippen LogP contribution in [0.2, 0.25) is 0 Å². The largest absolute Gasteiger partial charge is 0.508 e. The quantitative estimate of drug-likeness (QED) is 0.767. The van der Waals surface area contributed by atoms with E-state index in [0.717, 1.165) is 34.6 Å². The third kappa shape index (κ3) is 2.90. The molecule has 1 heterocycles. The van der Waals surface area contributed by atoms with E-state index >= 15 is 0 Å². The van der Waals surface area contributed by atoms with E-state index in [9.17, 15) is 9.90 Å². The van der Waals surface area contributed by atoms with Crippen molar-refractivity contribution in [2.75, 3.05) is 5.32 Å². The number of nitrogens with zero attached hydrogens (tertiary/aromatic N) is 1. The van der Waals surface area contributed by atoms with Crippen molar-refractivity contribution >= 4 is 22.9 Å². The van der Waals surface area contributed by atoms with Crippen LogP contribution in [0, 0.1) is 18.3 Å². The molecule has 2 aromatic rings. The van der Waals surface area contributed by atoms with Crippen molar-refractivity contribution in [2.45, 2.75) is 39.7 Å². The minimum atomic E-state index is -0.357. The van der Waals surface area contributed by atoms with Crippen LogP contribution in [0.4, 0.5) is 11.4 Å². The van der Waals surface area contributed by atoms with Crippen molar-refractivity contribution in [3.63, 3.8) is 0 Å². The van der Waals surface area contributed by atoms with Crippen molar-refractivity contribution in [1.82, 2.24) is 0 Å². The molecule has 134 valence electrons. The van der Waals surface area contributed by atoms with E-state index < -0.39 is 0 Å². The Morgan fingerprint density at radius 2 is 1.92 bits per heavy atom. The van der Waals surface area contributed by atoms with Gasteiger partial charge in [-0.05, 0) is 42.5 Å². The third-order valence-electron chi connectivity index (χ3n) is 5.35. The van der Waals surface area contributed by atoms with E-state index in [1.54, 1.807) is 6.07 Å². The molecule has 1 saturated carbocycles. The lowest BCUT2D eigenvalue weighted by molar-refractivity contribution is -0.124. The number of carbonyl (C=O) groups is 1. The molecule has 4 rings (SSSR count). The van der Waals surface area contributed by atoms with Gasteiger partial charge in [-0.15, -0.1) is 0 Å². The van der Waals surface area contributed by atoms with Crippen LogP contribution < -0.4 is 5.32 Å². The van der Waals surface area contributed by atoms with Gasteiger partial charge in [0, 0.05) is 17.7 Å². The molecule has 2 atom stereocenters. The number of aromatic hydroxyl groups is 1. The number of Topliss-reactive ketones (excluding diaryl/α,β-unsaturated/α-hetero) is 1. The molecule has 2 aromatic carbocycles. The number of aliphatic imine (C=N–C) groups is 1. The van der Waals surface area contributed by atoms with Gasteiger partial charge in [-0.2, -0.15) is 0 Å². The Labute approximate surface area is 154 Å². The van der Waals surface area contributed by atoms with Gasteiger partial charge in [0.25, 0.3) is 0 Å². The monoisotopic (exact) mass is 348 g/mol. The lowest BCUT2D eigenvalue weighted by Gasteiger charge is -2.37. The first-order chi connectivity index (χ1) is 12.3. The van der Waals surface area contributed by atoms with E-state index in [1.165, 1.54) is 0 Å². The Bertz CT molecular complexity index is 914. The first kappa shape index (κ1) is 16.8. The standard InChI is InChI=1S/C22H24N2O2/c1-13-8-9-14(18(25)10-13)21-20-17(11-22(2,3)12-19(20)26)23-15-6-4-5-7-16(15)24-21/h4-10,20-21,24-25H,11-12H2,1-3H3. The number of rotatable bonds is 1. The van der Waals surface area contributed by atoms with E-state index in [-0.39, 0.29) is 28.9 Å². The van der Waals surface area contributed by atoms with Gasteiger partial charge >= 0.3 is 0 Å². The molecule has 1 aliphatic carbocycles. The summed E-state index contributed by atoms with van der Waals surface area (Å²) in [4.78, 5) is 18.0. The number of para-hydroxylation sites is 2. The number of anilines is 1. The number of benzene rings is 2. The molecule has 26 heavy (non-hydrogen) atoms. The molecule has 0 amide bonds. The van der Waals surface area contributed by atoms with Crippen LogP contribution >= 0.6 is 0 Å². The summed E-state index contributed by atoms with van der Waals surface area (Å²) in [5.74, 6) is 0.0492. The summed E-state index contributed by atoms with van der Waals surface area (Å²) in [6.45, 7) is 6.18. The third-order valence-corrected chi connectivity index (χ3v) is 5.35. The summed E-state index contributed by atoms with van der Waals surface area (Å²) < 4.78 is 0. The predicted octanol–water partition coefficient (Wildman–Crippen LogP) is 4.95. The second kappa shape index (κ2) is 5.97. The van der Waals surface area contributed by atoms with Crippen LogP contribution in [0.3, 0.4) is 0 Å². The summed E-state index contributed by atoms with van der Waals surface area (Å²) in [6.07, 6.45) is 1.31. The molecule has 0 saturated heterocycles. The van der Waals surface area contributed by atoms with E-state index in [4.69, 9.17) is 4.99 Å². The van der Waals surface area contributed by atoms with E-state index in [2.05, 4.69) is 19.2 Å². The fraction of sp³-hybridized carbons (Fsp3) is 0.364. The molecule has 4 nitrogen and oxygen atoms in total. The molecule has 4 heteroatoms. The number of phenols is 1. The maximum absolute atomic E-state index is 13.1. The van der Waals surface area contributed by atoms with Gasteiger partial charge in [0.2, 0.25) is 0 Å². The Hall–Kier alpha value is -2.62. The highest BCUT2D eigenvalue weighted by atomic mass is 16.3. The maximum atomic E-state index is 13.1. The van der Waals surface area contributed by atoms with Crippen molar-refractivity contribution < 1.29 is 9.90 Å². The van der Waals surface area contributed by atoms with Crippen LogP contribution in [-0.4, -0.2) is 16.6 Å². The number of fused-ring (bicyclic) bond motifs is 2. The normalized spacial score (nSPS) is 24.0. The number of aryl methyl sites for hydroxylation is 1. The topological polar surface area (TPSA) is 61.7 Å². The summed E-state index contributed by atoms with van der Waals surface area (Å²) in [5, 5.41) is 14.1. The number of ketones is 1. The molecular weight excluding hydrogens is 324 g/mol. The lowest BCUT2D eigenvalue weighted by atomic mass is 9.68. The fourth-order valence-electron chi connectivity index (χ4n) is 4.19. The van der Waals surface area contributed by atoms with Crippen LogP contribution in [0.15, 0.2) is 47.5 Å². The molecule has 1 fully saturated rings. The number of hydrogen-bond acceptors (Lipinski definition) is 4. The van der Waals surface area contributed by atoms with Crippen molar-refractivity contribution in [1.29, 1.82) is 0 Å². The van der Waals surface area contributed by atoms with E-state index in [0.29, 0.717) is 6.42 Å². The molecule has 1 aliphatic heterocycles. The van der Waals surface area contributed by atoms with Gasteiger partial charge in [-0.25, -0.2) is 0 Å². The zero-order valence-electron chi connectivity index (χ0n) is 15.4. The molecule has 0 spiro atoms. The van der Waals surface area contributed by atoms with Crippen LogP contribution in [0.5, 0.6) is 5.75 Å². The molecule has 0 radical (unpaired) electrons. The minimum absolute atomic E-state index is 0.0917. The highest BCUT2D eigenvalue weighted by Gasteiger charge is 2.44. The molecule has 2 aliphatic rings. The first-order valence-corrected chi connectivity index (χ1v) is 9.09. The highest BCUT2D eigenvalue weighted by molar-refractivity contribution is 6.10. The SMILES string of the molecule is Cc1ccc(C2Nc3ccccc3N=C3CC(C)(C)CC(=O)C32)c(O)c1. The summed E-state index contributed by atoms with van der Waals surface area (Å²) in [6, 6.07) is 13.2. The summed E-state index contributed by atoms with van der Waals surface area (Å²) in [5.41, 5.74) is 4.31. The number of carbonyl (C=O) groups excluding carboxylic acids is 1. The minimum Gasteiger partial charge on any atom is -0.508 e. The Balaban J connectivity index is 1.89. The van der Waals surface area contributed by atoms with Gasteiger partial charge < -0.3 is 10.4 Å². The van der Waals surface area contributed by atoms with Crippen LogP contribution in [0.1, 0.15) is 43.9 Å². The predicted molar refractivity (Wildman–Crippen MR) is 104 cm³/mol. The zero-order chi connectivity index (χ0) is 18.5. The van der Waals surface area contributed by atoms with Gasteiger partial charge in [0.1, 0.15) is 11.5 Å². The second-order valence-corrected chi connectivity index (χ2v) is 8.27. The first-order valence-electron chi connectivity index (χ1n) is 9.09. The van der Waals surface area contributed by atoms with Gasteiger partial charge in [-0.3, -0.25) is 9.79 Å². The van der Waals surface area contributed by atoms with Gasteiger partial charge in [-0.1, -0.05) is 38.1 Å².